The summed E-state index contributed by atoms with van der Waals surface area (Å²) in [6.07, 6.45) is 0.487. The van der Waals surface area contributed by atoms with Crippen LogP contribution in [-0.2, 0) is 6.18 Å². The Hall–Kier alpha value is -2.66. The van der Waals surface area contributed by atoms with Crippen LogP contribution < -0.4 is 10.0 Å². The molecule has 1 fully saturated rings. The van der Waals surface area contributed by atoms with Gasteiger partial charge in [0.1, 0.15) is 0 Å². The number of rotatable bonds is 8. The van der Waals surface area contributed by atoms with Crippen molar-refractivity contribution in [2.75, 3.05) is 4.72 Å². The molecule has 168 valence electrons. The zero-order valence-corrected chi connectivity index (χ0v) is 18.7. The topological polar surface area (TPSA) is 79.8 Å². The Morgan fingerprint density at radius 3 is 2.62 bits per heavy atom. The van der Waals surface area contributed by atoms with Crippen LogP contribution in [0.1, 0.15) is 54.0 Å². The van der Waals surface area contributed by atoms with E-state index >= 15 is 0 Å². The highest BCUT2D eigenvalue weighted by Crippen LogP contribution is 2.35. The largest absolute Gasteiger partial charge is 0.434 e. The molecule has 0 bridgehead atoms. The molecule has 3 aromatic rings. The summed E-state index contributed by atoms with van der Waals surface area (Å²) in [6, 6.07) is 5.98. The Morgan fingerprint density at radius 1 is 1.22 bits per heavy atom. The highest BCUT2D eigenvalue weighted by atomic mass is 32.2. The Labute approximate surface area is 191 Å². The lowest BCUT2D eigenvalue weighted by atomic mass is 10.1. The van der Waals surface area contributed by atoms with Crippen molar-refractivity contribution in [1.82, 2.24) is 20.3 Å². The molecule has 1 saturated carbocycles. The summed E-state index contributed by atoms with van der Waals surface area (Å²) < 4.78 is 41.9. The number of alkyl halides is 3. The number of thiazole rings is 1. The lowest BCUT2D eigenvalue weighted by Crippen LogP contribution is -2.28. The van der Waals surface area contributed by atoms with E-state index in [2.05, 4.69) is 25.0 Å². The minimum absolute atomic E-state index is 0.0878. The summed E-state index contributed by atoms with van der Waals surface area (Å²) in [5, 5.41) is 6.38. The Morgan fingerprint density at radius 2 is 1.97 bits per heavy atom. The van der Waals surface area contributed by atoms with Gasteiger partial charge in [0.2, 0.25) is 0 Å². The summed E-state index contributed by atoms with van der Waals surface area (Å²) >= 11 is 3.18. The number of aromatic nitrogens is 3. The summed E-state index contributed by atoms with van der Waals surface area (Å²) in [4.78, 5) is 24.5. The van der Waals surface area contributed by atoms with Gasteiger partial charge in [-0.05, 0) is 43.3 Å². The van der Waals surface area contributed by atoms with Gasteiger partial charge in [-0.25, -0.2) is 9.97 Å². The first-order chi connectivity index (χ1) is 15.3. The molecule has 6 nitrogen and oxygen atoms in total. The van der Waals surface area contributed by atoms with Crippen LogP contribution in [0.5, 0.6) is 0 Å². The van der Waals surface area contributed by atoms with Crippen molar-refractivity contribution in [3.8, 4) is 11.3 Å². The van der Waals surface area contributed by atoms with Crippen molar-refractivity contribution in [1.29, 1.82) is 0 Å². The number of hydrogen-bond donors (Lipinski definition) is 2. The van der Waals surface area contributed by atoms with Crippen molar-refractivity contribution < 1.29 is 18.0 Å². The highest BCUT2D eigenvalue weighted by molar-refractivity contribution is 8.01. The highest BCUT2D eigenvalue weighted by Gasteiger charge is 2.33. The number of carbonyl (C=O) groups excluding carboxylic acids is 1. The number of carbonyl (C=O) groups is 1. The second-order valence-electron chi connectivity index (χ2n) is 7.30. The van der Waals surface area contributed by atoms with E-state index in [9.17, 15) is 18.0 Å². The molecule has 0 aliphatic heterocycles. The Kier molecular flexibility index (Phi) is 6.66. The monoisotopic (exact) mass is 479 g/mol. The standard InChI is InChI=1S/C21H20F3N5OS2/c1-2-15(17-11-31-20(28-17)29-32-14-7-8-14)27-19(30)13-5-3-12(4-6-13)16-9-25-10-18(26-16)21(22,23)24/h3-6,9-11,14-15H,2,7-8H2,1H3,(H,27,30)(H,28,29). The second-order valence-corrected chi connectivity index (χ2v) is 9.26. The molecule has 0 radical (unpaired) electrons. The van der Waals surface area contributed by atoms with E-state index in [1.165, 1.54) is 30.4 Å². The van der Waals surface area contributed by atoms with Crippen molar-refractivity contribution in [2.24, 2.45) is 0 Å². The first-order valence-electron chi connectivity index (χ1n) is 10.0. The average Bonchev–Trinajstić information content (AvgIpc) is 3.51. The fourth-order valence-corrected chi connectivity index (χ4v) is 4.50. The fourth-order valence-electron chi connectivity index (χ4n) is 2.87. The predicted octanol–water partition coefficient (Wildman–Crippen LogP) is 5.72. The van der Waals surface area contributed by atoms with Crippen molar-refractivity contribution in [2.45, 2.75) is 43.7 Å². The molecule has 2 aromatic heterocycles. The lowest BCUT2D eigenvalue weighted by molar-refractivity contribution is -0.141. The zero-order valence-electron chi connectivity index (χ0n) is 17.0. The molecular formula is C21H20F3N5OS2. The molecule has 32 heavy (non-hydrogen) atoms. The van der Waals surface area contributed by atoms with Crippen LogP contribution in [0.3, 0.4) is 0 Å². The van der Waals surface area contributed by atoms with Crippen LogP contribution in [0.4, 0.5) is 18.3 Å². The van der Waals surface area contributed by atoms with Crippen LogP contribution in [0.15, 0.2) is 42.0 Å². The van der Waals surface area contributed by atoms with Gasteiger partial charge < -0.3 is 10.0 Å². The number of amides is 1. The van der Waals surface area contributed by atoms with Crippen LogP contribution in [0.25, 0.3) is 11.3 Å². The Bertz CT molecular complexity index is 1080. The van der Waals surface area contributed by atoms with Gasteiger partial charge in [-0.1, -0.05) is 19.1 Å². The summed E-state index contributed by atoms with van der Waals surface area (Å²) in [7, 11) is 0. The molecule has 2 heterocycles. The number of benzene rings is 1. The third-order valence-electron chi connectivity index (χ3n) is 4.80. The molecule has 4 rings (SSSR count). The number of halogens is 3. The van der Waals surface area contributed by atoms with Gasteiger partial charge in [0.25, 0.3) is 5.91 Å². The van der Waals surface area contributed by atoms with E-state index in [4.69, 9.17) is 0 Å². The number of hydrogen-bond acceptors (Lipinski definition) is 7. The predicted molar refractivity (Wildman–Crippen MR) is 119 cm³/mol. The molecule has 1 aliphatic carbocycles. The van der Waals surface area contributed by atoms with Gasteiger partial charge in [-0.15, -0.1) is 11.3 Å². The van der Waals surface area contributed by atoms with Gasteiger partial charge in [-0.2, -0.15) is 13.2 Å². The van der Waals surface area contributed by atoms with Gasteiger partial charge >= 0.3 is 6.18 Å². The zero-order chi connectivity index (χ0) is 22.7. The van der Waals surface area contributed by atoms with Crippen LogP contribution in [0.2, 0.25) is 0 Å². The second kappa shape index (κ2) is 9.45. The van der Waals surface area contributed by atoms with Crippen LogP contribution in [-0.4, -0.2) is 26.1 Å². The molecule has 0 saturated heterocycles. The van der Waals surface area contributed by atoms with Gasteiger partial charge in [0.15, 0.2) is 10.8 Å². The first kappa shape index (κ1) is 22.5. The lowest BCUT2D eigenvalue weighted by Gasteiger charge is -2.15. The maximum Gasteiger partial charge on any atom is 0.434 e. The molecule has 1 amide bonds. The Balaban J connectivity index is 1.42. The first-order valence-corrected chi connectivity index (χ1v) is 11.8. The normalized spacial score (nSPS) is 14.8. The smallest absolute Gasteiger partial charge is 0.344 e. The van der Waals surface area contributed by atoms with Crippen LogP contribution in [0, 0.1) is 0 Å². The summed E-state index contributed by atoms with van der Waals surface area (Å²) in [5.74, 6) is -0.284. The number of anilines is 1. The van der Waals surface area contributed by atoms with Crippen molar-refractivity contribution in [3.63, 3.8) is 0 Å². The van der Waals surface area contributed by atoms with Gasteiger partial charge in [0.05, 0.1) is 29.8 Å². The SMILES string of the molecule is CCC(NC(=O)c1ccc(-c2cncc(C(F)(F)F)n2)cc1)c1csc(NSC2CC2)n1. The van der Waals surface area contributed by atoms with E-state index < -0.39 is 11.9 Å². The number of nitrogens with one attached hydrogen (secondary N) is 2. The molecule has 11 heteroatoms. The minimum atomic E-state index is -4.57. The summed E-state index contributed by atoms with van der Waals surface area (Å²) in [6.45, 7) is 1.96. The van der Waals surface area contributed by atoms with E-state index in [0.717, 1.165) is 10.8 Å². The third-order valence-corrected chi connectivity index (χ3v) is 6.82. The van der Waals surface area contributed by atoms with E-state index in [0.29, 0.717) is 29.0 Å². The van der Waals surface area contributed by atoms with Crippen molar-refractivity contribution >= 4 is 34.3 Å². The van der Waals surface area contributed by atoms with Crippen molar-refractivity contribution in [3.05, 3.63) is 59.0 Å². The fraction of sp³-hybridized carbons (Fsp3) is 0.333. The molecular weight excluding hydrogens is 459 g/mol. The molecule has 1 aliphatic rings. The quantitative estimate of drug-likeness (QED) is 0.402. The average molecular weight is 480 g/mol. The number of nitrogens with zero attached hydrogens (tertiary/aromatic N) is 3. The minimum Gasteiger partial charge on any atom is -0.344 e. The molecule has 0 spiro atoms. The molecule has 1 atom stereocenters. The van der Waals surface area contributed by atoms with E-state index in [-0.39, 0.29) is 17.6 Å². The molecule has 2 N–H and O–H groups in total. The molecule has 1 aromatic carbocycles. The van der Waals surface area contributed by atoms with E-state index in [1.807, 2.05) is 12.3 Å². The van der Waals surface area contributed by atoms with Crippen LogP contribution >= 0.6 is 23.3 Å². The third kappa shape index (κ3) is 5.57. The van der Waals surface area contributed by atoms with Gasteiger partial charge in [-0.3, -0.25) is 9.78 Å². The maximum atomic E-state index is 12.9. The summed E-state index contributed by atoms with van der Waals surface area (Å²) in [5.41, 5.74) is 0.654. The van der Waals surface area contributed by atoms with E-state index in [1.54, 1.807) is 36.2 Å². The van der Waals surface area contributed by atoms with Gasteiger partial charge in [0, 0.05) is 21.8 Å². The molecule has 1 unspecified atom stereocenters. The maximum absolute atomic E-state index is 12.9.